The lowest BCUT2D eigenvalue weighted by atomic mass is 10.1. The van der Waals surface area contributed by atoms with Gasteiger partial charge in [0.2, 0.25) is 5.91 Å². The van der Waals surface area contributed by atoms with Crippen molar-refractivity contribution in [3.05, 3.63) is 62.7 Å². The van der Waals surface area contributed by atoms with E-state index in [1.54, 1.807) is 19.1 Å². The summed E-state index contributed by atoms with van der Waals surface area (Å²) < 4.78 is 4.65. The quantitative estimate of drug-likeness (QED) is 0.453. The van der Waals surface area contributed by atoms with Gasteiger partial charge in [-0.1, -0.05) is 17.7 Å². The monoisotopic (exact) mass is 377 g/mol. The molecule has 0 saturated heterocycles. The Morgan fingerprint density at radius 2 is 1.96 bits per heavy atom. The highest BCUT2D eigenvalue weighted by molar-refractivity contribution is 6.32. The number of hydrogen-bond donors (Lipinski definition) is 2. The van der Waals surface area contributed by atoms with Gasteiger partial charge in [0.25, 0.3) is 5.69 Å². The summed E-state index contributed by atoms with van der Waals surface area (Å²) in [5.74, 6) is -0.889. The topological polar surface area (TPSA) is 111 Å². The predicted octanol–water partition coefficient (Wildman–Crippen LogP) is 3.39. The zero-order valence-corrected chi connectivity index (χ0v) is 14.8. The van der Waals surface area contributed by atoms with Gasteiger partial charge >= 0.3 is 5.97 Å². The van der Waals surface area contributed by atoms with E-state index >= 15 is 0 Å². The number of anilines is 2. The van der Waals surface area contributed by atoms with Gasteiger partial charge in [-0.15, -0.1) is 0 Å². The molecule has 9 heteroatoms. The molecule has 2 N–H and O–H groups in total. The van der Waals surface area contributed by atoms with Crippen LogP contribution in [0.25, 0.3) is 0 Å². The fraction of sp³-hybridized carbons (Fsp3) is 0.176. The Hall–Kier alpha value is -3.13. The molecule has 0 fully saturated rings. The molecule has 2 aromatic carbocycles. The Labute approximate surface area is 154 Å². The summed E-state index contributed by atoms with van der Waals surface area (Å²) in [5, 5.41) is 16.4. The number of ether oxygens (including phenoxy) is 1. The smallest absolute Gasteiger partial charge is 0.337 e. The van der Waals surface area contributed by atoms with Gasteiger partial charge in [-0.05, 0) is 36.8 Å². The molecule has 0 bridgehead atoms. The maximum absolute atomic E-state index is 12.1. The molecule has 0 unspecified atom stereocenters. The minimum absolute atomic E-state index is 0.0141. The van der Waals surface area contributed by atoms with Gasteiger partial charge in [-0.2, -0.15) is 0 Å². The first-order valence-corrected chi connectivity index (χ1v) is 7.86. The largest absolute Gasteiger partial charge is 0.465 e. The fourth-order valence-electron chi connectivity index (χ4n) is 2.14. The Kier molecular flexibility index (Phi) is 6.13. The van der Waals surface area contributed by atoms with Gasteiger partial charge in [0.05, 0.1) is 24.1 Å². The number of aryl methyl sites for hydroxylation is 1. The third-order valence-corrected chi connectivity index (χ3v) is 3.85. The zero-order chi connectivity index (χ0) is 19.3. The standard InChI is InChI=1S/C17H16ClN3O5/c1-10-3-4-11(17(23)26-2)7-14(10)20-16(22)9-19-12-5-6-13(18)15(8-12)21(24)25/h3-8,19H,9H2,1-2H3,(H,20,22). The first-order valence-electron chi connectivity index (χ1n) is 7.48. The number of carbonyl (C=O) groups excluding carboxylic acids is 2. The number of halogens is 1. The van der Waals surface area contributed by atoms with Crippen LogP contribution in [-0.2, 0) is 9.53 Å². The molecule has 0 aliphatic rings. The number of esters is 1. The SMILES string of the molecule is COC(=O)c1ccc(C)c(NC(=O)CNc2ccc(Cl)c([N+](=O)[O-])c2)c1. The molecule has 2 rings (SSSR count). The van der Waals surface area contributed by atoms with Crippen LogP contribution < -0.4 is 10.6 Å². The molecule has 0 aromatic heterocycles. The number of nitro groups is 1. The van der Waals surface area contributed by atoms with E-state index in [1.165, 1.54) is 31.4 Å². The van der Waals surface area contributed by atoms with Gasteiger partial charge in [-0.3, -0.25) is 14.9 Å². The van der Waals surface area contributed by atoms with Crippen LogP contribution in [-0.4, -0.2) is 30.5 Å². The summed E-state index contributed by atoms with van der Waals surface area (Å²) in [5.41, 5.74) is 1.69. The lowest BCUT2D eigenvalue weighted by Gasteiger charge is -2.11. The molecule has 26 heavy (non-hydrogen) atoms. The molecule has 0 atom stereocenters. The molecular formula is C17H16ClN3O5. The van der Waals surface area contributed by atoms with Crippen LogP contribution in [0.5, 0.6) is 0 Å². The molecule has 0 spiro atoms. The second-order valence-electron chi connectivity index (χ2n) is 5.35. The van der Waals surface area contributed by atoms with Gasteiger partial charge in [0.15, 0.2) is 0 Å². The summed E-state index contributed by atoms with van der Waals surface area (Å²) in [6, 6.07) is 8.97. The minimum atomic E-state index is -0.602. The number of rotatable bonds is 6. The highest BCUT2D eigenvalue weighted by Crippen LogP contribution is 2.27. The first kappa shape index (κ1) is 19.2. The van der Waals surface area contributed by atoms with Crippen molar-refractivity contribution in [2.45, 2.75) is 6.92 Å². The van der Waals surface area contributed by atoms with Crippen molar-refractivity contribution < 1.29 is 19.2 Å². The Morgan fingerprint density at radius 3 is 2.62 bits per heavy atom. The highest BCUT2D eigenvalue weighted by atomic mass is 35.5. The number of carbonyl (C=O) groups is 2. The van der Waals surface area contributed by atoms with Gasteiger partial charge < -0.3 is 15.4 Å². The predicted molar refractivity (Wildman–Crippen MR) is 97.7 cm³/mol. The summed E-state index contributed by atoms with van der Waals surface area (Å²) in [6.45, 7) is 1.66. The van der Waals surface area contributed by atoms with E-state index in [9.17, 15) is 19.7 Å². The van der Waals surface area contributed by atoms with Crippen molar-refractivity contribution >= 4 is 40.5 Å². The fourth-order valence-corrected chi connectivity index (χ4v) is 2.33. The van der Waals surface area contributed by atoms with Crippen LogP contribution in [0.2, 0.25) is 5.02 Å². The van der Waals surface area contributed by atoms with Gasteiger partial charge in [0.1, 0.15) is 5.02 Å². The lowest BCUT2D eigenvalue weighted by Crippen LogP contribution is -2.22. The molecule has 0 aliphatic carbocycles. The van der Waals surface area contributed by atoms with E-state index < -0.39 is 10.9 Å². The van der Waals surface area contributed by atoms with Crippen LogP contribution in [0.3, 0.4) is 0 Å². The van der Waals surface area contributed by atoms with E-state index in [2.05, 4.69) is 15.4 Å². The number of methoxy groups -OCH3 is 1. The van der Waals surface area contributed by atoms with E-state index in [-0.39, 0.29) is 23.2 Å². The minimum Gasteiger partial charge on any atom is -0.465 e. The maximum Gasteiger partial charge on any atom is 0.337 e. The molecule has 0 aliphatic heterocycles. The third-order valence-electron chi connectivity index (χ3n) is 3.53. The van der Waals surface area contributed by atoms with Crippen molar-refractivity contribution in [1.82, 2.24) is 0 Å². The molecule has 2 aromatic rings. The van der Waals surface area contributed by atoms with E-state index in [1.807, 2.05) is 0 Å². The number of hydrogen-bond acceptors (Lipinski definition) is 6. The molecule has 0 heterocycles. The van der Waals surface area contributed by atoms with E-state index in [0.29, 0.717) is 16.9 Å². The molecule has 0 radical (unpaired) electrons. The van der Waals surface area contributed by atoms with Crippen molar-refractivity contribution in [2.24, 2.45) is 0 Å². The van der Waals surface area contributed by atoms with Crippen LogP contribution >= 0.6 is 11.6 Å². The first-order chi connectivity index (χ1) is 12.3. The number of nitro benzene ring substituents is 1. The maximum atomic E-state index is 12.1. The zero-order valence-electron chi connectivity index (χ0n) is 14.0. The number of amides is 1. The van der Waals surface area contributed by atoms with Gasteiger partial charge in [0, 0.05) is 17.4 Å². The van der Waals surface area contributed by atoms with Crippen LogP contribution in [0, 0.1) is 17.0 Å². The second kappa shape index (κ2) is 8.30. The molecule has 1 amide bonds. The second-order valence-corrected chi connectivity index (χ2v) is 5.75. The van der Waals surface area contributed by atoms with Crippen LogP contribution in [0.1, 0.15) is 15.9 Å². The van der Waals surface area contributed by atoms with E-state index in [0.717, 1.165) is 5.56 Å². The normalized spacial score (nSPS) is 10.1. The summed E-state index contributed by atoms with van der Waals surface area (Å²) >= 11 is 5.74. The van der Waals surface area contributed by atoms with Gasteiger partial charge in [-0.25, -0.2) is 4.79 Å². The molecule has 0 saturated carbocycles. The van der Waals surface area contributed by atoms with Crippen LogP contribution in [0.4, 0.5) is 17.1 Å². The number of nitrogens with zero attached hydrogens (tertiary/aromatic N) is 1. The van der Waals surface area contributed by atoms with E-state index in [4.69, 9.17) is 11.6 Å². The van der Waals surface area contributed by atoms with Crippen molar-refractivity contribution in [1.29, 1.82) is 0 Å². The van der Waals surface area contributed by atoms with Crippen molar-refractivity contribution in [2.75, 3.05) is 24.3 Å². The summed E-state index contributed by atoms with van der Waals surface area (Å²) in [7, 11) is 1.27. The Morgan fingerprint density at radius 1 is 1.23 bits per heavy atom. The molecular weight excluding hydrogens is 362 g/mol. The average molecular weight is 378 g/mol. The number of benzene rings is 2. The van der Waals surface area contributed by atoms with Crippen molar-refractivity contribution in [3.63, 3.8) is 0 Å². The summed E-state index contributed by atoms with van der Waals surface area (Å²) in [6.07, 6.45) is 0. The van der Waals surface area contributed by atoms with Crippen molar-refractivity contribution in [3.8, 4) is 0 Å². The molecule has 136 valence electrons. The lowest BCUT2D eigenvalue weighted by molar-refractivity contribution is -0.384. The Balaban J connectivity index is 2.05. The third kappa shape index (κ3) is 4.70. The summed E-state index contributed by atoms with van der Waals surface area (Å²) in [4.78, 5) is 34.0. The van der Waals surface area contributed by atoms with Crippen LogP contribution in [0.15, 0.2) is 36.4 Å². The molecule has 8 nitrogen and oxygen atoms in total. The highest BCUT2D eigenvalue weighted by Gasteiger charge is 2.14. The average Bonchev–Trinajstić information content (AvgIpc) is 2.62. The number of nitrogens with one attached hydrogen (secondary N) is 2. The Bertz CT molecular complexity index is 869.